The third-order valence-corrected chi connectivity index (χ3v) is 7.36. The number of hydrogen-bond donors (Lipinski definition) is 2. The van der Waals surface area contributed by atoms with Crippen molar-refractivity contribution in [1.82, 2.24) is 15.5 Å². The zero-order valence-corrected chi connectivity index (χ0v) is 18.9. The van der Waals surface area contributed by atoms with Crippen molar-refractivity contribution in [2.75, 3.05) is 65.1 Å². The van der Waals surface area contributed by atoms with Crippen molar-refractivity contribution in [3.8, 4) is 5.75 Å². The fourth-order valence-corrected chi connectivity index (χ4v) is 5.59. The molecule has 0 saturated carbocycles. The van der Waals surface area contributed by atoms with Gasteiger partial charge in [-0.05, 0) is 42.2 Å². The van der Waals surface area contributed by atoms with Crippen molar-refractivity contribution in [3.63, 3.8) is 0 Å². The summed E-state index contributed by atoms with van der Waals surface area (Å²) >= 11 is 2.06. The Morgan fingerprint density at radius 1 is 1.28 bits per heavy atom. The van der Waals surface area contributed by atoms with Gasteiger partial charge < -0.3 is 20.1 Å². The topological polar surface area (TPSA) is 58.1 Å². The van der Waals surface area contributed by atoms with E-state index in [2.05, 4.69) is 51.3 Å². The molecule has 2 unspecified atom stereocenters. The SMILES string of the molecule is CN=C(NCCC(C)c1ccc(OC)cc1)NCC1(N2CCOCC2)CCSC1. The molecule has 2 fully saturated rings. The Balaban J connectivity index is 1.46. The molecule has 0 radical (unpaired) electrons. The van der Waals surface area contributed by atoms with Crippen LogP contribution >= 0.6 is 11.8 Å². The highest BCUT2D eigenvalue weighted by Gasteiger charge is 2.40. The van der Waals surface area contributed by atoms with Gasteiger partial charge in [-0.1, -0.05) is 19.1 Å². The number of benzene rings is 1. The van der Waals surface area contributed by atoms with Crippen LogP contribution in [0.15, 0.2) is 29.3 Å². The Labute approximate surface area is 179 Å². The van der Waals surface area contributed by atoms with Crippen molar-refractivity contribution in [2.24, 2.45) is 4.99 Å². The van der Waals surface area contributed by atoms with E-state index in [0.29, 0.717) is 5.92 Å². The Morgan fingerprint density at radius 3 is 2.66 bits per heavy atom. The number of nitrogens with zero attached hydrogens (tertiary/aromatic N) is 2. The largest absolute Gasteiger partial charge is 0.497 e. The van der Waals surface area contributed by atoms with Crippen LogP contribution in [0.25, 0.3) is 0 Å². The summed E-state index contributed by atoms with van der Waals surface area (Å²) in [5.74, 6) is 4.72. The minimum absolute atomic E-state index is 0.225. The van der Waals surface area contributed by atoms with Crippen LogP contribution in [0.5, 0.6) is 5.75 Å². The number of morpholine rings is 1. The van der Waals surface area contributed by atoms with Gasteiger partial charge in [-0.15, -0.1) is 0 Å². The van der Waals surface area contributed by atoms with Gasteiger partial charge in [-0.3, -0.25) is 9.89 Å². The number of nitrogens with one attached hydrogen (secondary N) is 2. The number of methoxy groups -OCH3 is 1. The molecule has 3 rings (SSSR count). The predicted octanol–water partition coefficient (Wildman–Crippen LogP) is 2.56. The minimum atomic E-state index is 0.225. The van der Waals surface area contributed by atoms with Gasteiger partial charge in [0.05, 0.1) is 20.3 Å². The average Bonchev–Trinajstić information content (AvgIpc) is 3.27. The third kappa shape index (κ3) is 6.03. The highest BCUT2D eigenvalue weighted by atomic mass is 32.2. The molecule has 2 N–H and O–H groups in total. The summed E-state index contributed by atoms with van der Waals surface area (Å²) in [4.78, 5) is 7.07. The summed E-state index contributed by atoms with van der Waals surface area (Å²) < 4.78 is 10.8. The lowest BCUT2D eigenvalue weighted by molar-refractivity contribution is -0.0120. The average molecular weight is 421 g/mol. The van der Waals surface area contributed by atoms with E-state index in [9.17, 15) is 0 Å². The van der Waals surface area contributed by atoms with Crippen LogP contribution in [0.2, 0.25) is 0 Å². The molecule has 2 saturated heterocycles. The van der Waals surface area contributed by atoms with Crippen LogP contribution in [0.4, 0.5) is 0 Å². The van der Waals surface area contributed by atoms with Gasteiger partial charge >= 0.3 is 0 Å². The van der Waals surface area contributed by atoms with E-state index >= 15 is 0 Å². The fourth-order valence-electron chi connectivity index (χ4n) is 4.11. The molecule has 162 valence electrons. The van der Waals surface area contributed by atoms with Gasteiger partial charge in [0.2, 0.25) is 0 Å². The monoisotopic (exact) mass is 420 g/mol. The Kier molecular flexibility index (Phi) is 8.51. The predicted molar refractivity (Wildman–Crippen MR) is 122 cm³/mol. The molecule has 2 aliphatic rings. The molecule has 29 heavy (non-hydrogen) atoms. The van der Waals surface area contributed by atoms with Crippen molar-refractivity contribution >= 4 is 17.7 Å². The van der Waals surface area contributed by atoms with Crippen molar-refractivity contribution in [1.29, 1.82) is 0 Å². The molecule has 1 aromatic carbocycles. The van der Waals surface area contributed by atoms with E-state index < -0.39 is 0 Å². The first-order valence-corrected chi connectivity index (χ1v) is 11.8. The molecule has 7 heteroatoms. The molecule has 2 aliphatic heterocycles. The van der Waals surface area contributed by atoms with Crippen LogP contribution in [-0.2, 0) is 4.74 Å². The Hall–Kier alpha value is -1.44. The van der Waals surface area contributed by atoms with E-state index in [-0.39, 0.29) is 5.54 Å². The van der Waals surface area contributed by atoms with Gasteiger partial charge in [0.1, 0.15) is 5.75 Å². The van der Waals surface area contributed by atoms with Crippen molar-refractivity contribution in [3.05, 3.63) is 29.8 Å². The minimum Gasteiger partial charge on any atom is -0.497 e. The zero-order chi connectivity index (χ0) is 20.5. The van der Waals surface area contributed by atoms with Crippen LogP contribution < -0.4 is 15.4 Å². The summed E-state index contributed by atoms with van der Waals surface area (Å²) in [7, 11) is 3.56. The molecular weight excluding hydrogens is 384 g/mol. The summed E-state index contributed by atoms with van der Waals surface area (Å²) in [5, 5.41) is 7.11. The van der Waals surface area contributed by atoms with Crippen LogP contribution in [0.1, 0.15) is 31.2 Å². The maximum absolute atomic E-state index is 5.56. The molecular formula is C22H36N4O2S. The molecule has 2 heterocycles. The Morgan fingerprint density at radius 2 is 2.03 bits per heavy atom. The second-order valence-corrected chi connectivity index (χ2v) is 9.05. The number of rotatable bonds is 8. The second kappa shape index (κ2) is 11.1. The molecule has 0 aliphatic carbocycles. The third-order valence-electron chi connectivity index (χ3n) is 6.13. The molecule has 1 aromatic rings. The molecule has 2 atom stereocenters. The van der Waals surface area contributed by atoms with Gasteiger partial charge in [0.25, 0.3) is 0 Å². The van der Waals surface area contributed by atoms with E-state index in [1.807, 2.05) is 19.2 Å². The standard InChI is InChI=1S/C22H36N4O2S/c1-18(19-4-6-20(27-3)7-5-19)8-10-24-21(23-2)25-16-22(9-15-29-17-22)26-11-13-28-14-12-26/h4-7,18H,8-17H2,1-3H3,(H2,23,24,25). The quantitative estimate of drug-likeness (QED) is 0.498. The van der Waals surface area contributed by atoms with Crippen LogP contribution in [-0.4, -0.2) is 81.5 Å². The summed E-state index contributed by atoms with van der Waals surface area (Å²) in [6, 6.07) is 8.37. The lowest BCUT2D eigenvalue weighted by atomic mass is 9.95. The maximum Gasteiger partial charge on any atom is 0.191 e. The fraction of sp³-hybridized carbons (Fsp3) is 0.682. The van der Waals surface area contributed by atoms with Crippen molar-refractivity contribution in [2.45, 2.75) is 31.2 Å². The van der Waals surface area contributed by atoms with Crippen molar-refractivity contribution < 1.29 is 9.47 Å². The van der Waals surface area contributed by atoms with E-state index in [4.69, 9.17) is 9.47 Å². The Bertz CT molecular complexity index is 641. The molecule has 6 nitrogen and oxygen atoms in total. The maximum atomic E-state index is 5.56. The molecule has 0 aromatic heterocycles. The number of hydrogen-bond acceptors (Lipinski definition) is 5. The van der Waals surface area contributed by atoms with E-state index in [0.717, 1.165) is 57.5 Å². The summed E-state index contributed by atoms with van der Waals surface area (Å²) in [6.07, 6.45) is 2.29. The van der Waals surface area contributed by atoms with Gasteiger partial charge in [0.15, 0.2) is 5.96 Å². The molecule has 0 bridgehead atoms. The van der Waals surface area contributed by atoms with E-state index in [1.165, 1.54) is 23.5 Å². The van der Waals surface area contributed by atoms with E-state index in [1.54, 1.807) is 7.11 Å². The van der Waals surface area contributed by atoms with Crippen LogP contribution in [0.3, 0.4) is 0 Å². The highest BCUT2D eigenvalue weighted by molar-refractivity contribution is 7.99. The number of ether oxygens (including phenoxy) is 2. The smallest absolute Gasteiger partial charge is 0.191 e. The van der Waals surface area contributed by atoms with Gasteiger partial charge in [-0.25, -0.2) is 0 Å². The molecule has 0 amide bonds. The lowest BCUT2D eigenvalue weighted by Crippen LogP contribution is -2.60. The number of aliphatic imine (C=N–C) groups is 1. The van der Waals surface area contributed by atoms with Gasteiger partial charge in [-0.2, -0.15) is 11.8 Å². The summed E-state index contributed by atoms with van der Waals surface area (Å²) in [5.41, 5.74) is 1.56. The lowest BCUT2D eigenvalue weighted by Gasteiger charge is -2.43. The van der Waals surface area contributed by atoms with Gasteiger partial charge in [0, 0.05) is 44.5 Å². The highest BCUT2D eigenvalue weighted by Crippen LogP contribution is 2.33. The first-order valence-electron chi connectivity index (χ1n) is 10.7. The van der Waals surface area contributed by atoms with Crippen LogP contribution in [0, 0.1) is 0 Å². The first kappa shape index (κ1) is 22.2. The second-order valence-electron chi connectivity index (χ2n) is 7.94. The molecule has 0 spiro atoms. The normalized spacial score (nSPS) is 24.3. The summed E-state index contributed by atoms with van der Waals surface area (Å²) in [6.45, 7) is 7.87. The zero-order valence-electron chi connectivity index (χ0n) is 18.1. The first-order chi connectivity index (χ1) is 14.2. The number of guanidine groups is 1. The number of thioether (sulfide) groups is 1.